The van der Waals surface area contributed by atoms with Crippen LogP contribution in [-0.2, 0) is 4.74 Å². The van der Waals surface area contributed by atoms with E-state index >= 15 is 0 Å². The van der Waals surface area contributed by atoms with Crippen molar-refractivity contribution in [3.8, 4) is 0 Å². The van der Waals surface area contributed by atoms with Crippen molar-refractivity contribution in [2.24, 2.45) is 0 Å². The first-order valence-corrected chi connectivity index (χ1v) is 9.62. The lowest BCUT2D eigenvalue weighted by atomic mass is 10.2. The minimum absolute atomic E-state index is 0.131. The molecule has 1 aromatic heterocycles. The Bertz CT molecular complexity index is 785. The lowest BCUT2D eigenvalue weighted by Crippen LogP contribution is -2.36. The summed E-state index contributed by atoms with van der Waals surface area (Å²) in [6.45, 7) is 3.15. The van der Waals surface area contributed by atoms with E-state index in [1.165, 1.54) is 12.8 Å². The van der Waals surface area contributed by atoms with Gasteiger partial charge < -0.3 is 20.3 Å². The molecule has 7 nitrogen and oxygen atoms in total. The van der Waals surface area contributed by atoms with E-state index in [1.54, 1.807) is 12.3 Å². The number of rotatable bonds is 5. The Balaban J connectivity index is 1.49. The molecule has 2 aromatic rings. The number of aromatic nitrogens is 2. The summed E-state index contributed by atoms with van der Waals surface area (Å²) >= 11 is 0. The van der Waals surface area contributed by atoms with Crippen LogP contribution in [-0.4, -0.2) is 48.2 Å². The van der Waals surface area contributed by atoms with E-state index in [2.05, 4.69) is 31.6 Å². The van der Waals surface area contributed by atoms with Gasteiger partial charge in [-0.25, -0.2) is 9.97 Å². The molecule has 0 spiro atoms. The molecule has 2 aliphatic rings. The summed E-state index contributed by atoms with van der Waals surface area (Å²) in [5.41, 5.74) is 2.40. The van der Waals surface area contributed by atoms with Gasteiger partial charge in [0.05, 0.1) is 24.6 Å². The fourth-order valence-corrected chi connectivity index (χ4v) is 3.65. The first-order valence-electron chi connectivity index (χ1n) is 9.62. The van der Waals surface area contributed by atoms with Gasteiger partial charge in [-0.05, 0) is 31.0 Å². The van der Waals surface area contributed by atoms with Gasteiger partial charge in [0.1, 0.15) is 5.69 Å². The fourth-order valence-electron chi connectivity index (χ4n) is 3.65. The molecule has 142 valence electrons. The molecule has 0 bridgehead atoms. The predicted octanol–water partition coefficient (Wildman–Crippen LogP) is 2.73. The number of carbonyl (C=O) groups excluding carboxylic acids is 1. The highest BCUT2D eigenvalue weighted by Crippen LogP contribution is 2.28. The Hall–Kier alpha value is -2.67. The quantitative estimate of drug-likeness (QED) is 0.846. The SMILES string of the molecule is O=C(NC1CCCC1)c1ccnc(Nc2ccccc2N2CCOCC2)n1. The molecule has 1 aromatic carbocycles. The minimum Gasteiger partial charge on any atom is -0.378 e. The van der Waals surface area contributed by atoms with Gasteiger partial charge >= 0.3 is 0 Å². The lowest BCUT2D eigenvalue weighted by Gasteiger charge is -2.30. The van der Waals surface area contributed by atoms with E-state index in [1.807, 2.05) is 18.2 Å². The molecule has 1 aliphatic heterocycles. The van der Waals surface area contributed by atoms with Gasteiger partial charge in [0.15, 0.2) is 0 Å². The first kappa shape index (κ1) is 17.7. The summed E-state index contributed by atoms with van der Waals surface area (Å²) in [7, 11) is 0. The Labute approximate surface area is 159 Å². The van der Waals surface area contributed by atoms with Crippen molar-refractivity contribution in [3.63, 3.8) is 0 Å². The fraction of sp³-hybridized carbons (Fsp3) is 0.450. The third kappa shape index (κ3) is 4.36. The first-order chi connectivity index (χ1) is 13.3. The molecule has 1 aliphatic carbocycles. The average Bonchev–Trinajstić information content (AvgIpc) is 3.22. The van der Waals surface area contributed by atoms with Crippen LogP contribution in [0.2, 0.25) is 0 Å². The molecule has 1 amide bonds. The summed E-state index contributed by atoms with van der Waals surface area (Å²) in [4.78, 5) is 23.5. The second kappa shape index (κ2) is 8.35. The molecule has 0 unspecified atom stereocenters. The third-order valence-electron chi connectivity index (χ3n) is 5.08. The van der Waals surface area contributed by atoms with Crippen LogP contribution in [0.4, 0.5) is 17.3 Å². The monoisotopic (exact) mass is 367 g/mol. The lowest BCUT2D eigenvalue weighted by molar-refractivity contribution is 0.0932. The smallest absolute Gasteiger partial charge is 0.270 e. The maximum absolute atomic E-state index is 12.5. The molecule has 7 heteroatoms. The third-order valence-corrected chi connectivity index (χ3v) is 5.08. The van der Waals surface area contributed by atoms with Crippen LogP contribution in [0.1, 0.15) is 36.2 Å². The van der Waals surface area contributed by atoms with Crippen LogP contribution >= 0.6 is 0 Å². The Morgan fingerprint density at radius 2 is 1.89 bits per heavy atom. The molecule has 27 heavy (non-hydrogen) atoms. The van der Waals surface area contributed by atoms with E-state index in [0.29, 0.717) is 11.6 Å². The molecule has 0 atom stereocenters. The zero-order chi connectivity index (χ0) is 18.5. The topological polar surface area (TPSA) is 79.4 Å². The second-order valence-corrected chi connectivity index (χ2v) is 6.96. The summed E-state index contributed by atoms with van der Waals surface area (Å²) in [5.74, 6) is 0.295. The van der Waals surface area contributed by atoms with Gasteiger partial charge in [-0.3, -0.25) is 4.79 Å². The molecular weight excluding hydrogens is 342 g/mol. The number of hydrogen-bond donors (Lipinski definition) is 2. The molecule has 1 saturated carbocycles. The van der Waals surface area contributed by atoms with Gasteiger partial charge in [0.2, 0.25) is 5.95 Å². The number of carbonyl (C=O) groups is 1. The average molecular weight is 367 g/mol. The van der Waals surface area contributed by atoms with Crippen LogP contribution < -0.4 is 15.5 Å². The van der Waals surface area contributed by atoms with E-state index in [4.69, 9.17) is 4.74 Å². The summed E-state index contributed by atoms with van der Waals surface area (Å²) in [5, 5.41) is 6.34. The molecule has 2 N–H and O–H groups in total. The van der Waals surface area contributed by atoms with Crippen molar-refractivity contribution in [3.05, 3.63) is 42.2 Å². The standard InChI is InChI=1S/C20H25N5O2/c26-19(22-15-5-1-2-6-15)17-9-10-21-20(24-17)23-16-7-3-4-8-18(16)25-11-13-27-14-12-25/h3-4,7-10,15H,1-2,5-6,11-14H2,(H,22,26)(H,21,23,24). The highest BCUT2D eigenvalue weighted by atomic mass is 16.5. The predicted molar refractivity (Wildman–Crippen MR) is 105 cm³/mol. The van der Waals surface area contributed by atoms with Crippen LogP contribution in [0.5, 0.6) is 0 Å². The van der Waals surface area contributed by atoms with Crippen molar-refractivity contribution >= 4 is 23.2 Å². The van der Waals surface area contributed by atoms with E-state index in [0.717, 1.165) is 50.5 Å². The van der Waals surface area contributed by atoms with E-state index in [9.17, 15) is 4.79 Å². The van der Waals surface area contributed by atoms with Crippen LogP contribution in [0.25, 0.3) is 0 Å². The van der Waals surface area contributed by atoms with Gasteiger partial charge in [-0.15, -0.1) is 0 Å². The maximum atomic E-state index is 12.5. The Morgan fingerprint density at radius 3 is 2.70 bits per heavy atom. The number of nitrogens with zero attached hydrogens (tertiary/aromatic N) is 3. The zero-order valence-corrected chi connectivity index (χ0v) is 15.4. The highest BCUT2D eigenvalue weighted by Gasteiger charge is 2.19. The summed E-state index contributed by atoms with van der Waals surface area (Å²) in [6, 6.07) is 9.99. The van der Waals surface area contributed by atoms with Crippen molar-refractivity contribution in [2.45, 2.75) is 31.7 Å². The number of benzene rings is 1. The van der Waals surface area contributed by atoms with Gasteiger partial charge in [0, 0.05) is 25.3 Å². The summed E-state index contributed by atoms with van der Waals surface area (Å²) in [6.07, 6.45) is 6.08. The molecule has 4 rings (SSSR count). The van der Waals surface area contributed by atoms with Crippen molar-refractivity contribution < 1.29 is 9.53 Å². The van der Waals surface area contributed by atoms with Crippen molar-refractivity contribution in [1.29, 1.82) is 0 Å². The van der Waals surface area contributed by atoms with Gasteiger partial charge in [-0.1, -0.05) is 25.0 Å². The normalized spacial score (nSPS) is 17.7. The molecular formula is C20H25N5O2. The molecule has 0 radical (unpaired) electrons. The van der Waals surface area contributed by atoms with Gasteiger partial charge in [0.25, 0.3) is 5.91 Å². The van der Waals surface area contributed by atoms with Crippen molar-refractivity contribution in [1.82, 2.24) is 15.3 Å². The van der Waals surface area contributed by atoms with Crippen molar-refractivity contribution in [2.75, 3.05) is 36.5 Å². The number of morpholine rings is 1. The Morgan fingerprint density at radius 1 is 1.11 bits per heavy atom. The van der Waals surface area contributed by atoms with Gasteiger partial charge in [-0.2, -0.15) is 0 Å². The largest absolute Gasteiger partial charge is 0.378 e. The number of ether oxygens (including phenoxy) is 1. The number of hydrogen-bond acceptors (Lipinski definition) is 6. The minimum atomic E-state index is -0.131. The summed E-state index contributed by atoms with van der Waals surface area (Å²) < 4.78 is 5.44. The molecule has 2 fully saturated rings. The molecule has 2 heterocycles. The number of nitrogens with one attached hydrogen (secondary N) is 2. The number of anilines is 3. The van der Waals surface area contributed by atoms with Crippen LogP contribution in [0.3, 0.4) is 0 Å². The molecule has 1 saturated heterocycles. The maximum Gasteiger partial charge on any atom is 0.270 e. The second-order valence-electron chi connectivity index (χ2n) is 6.96. The zero-order valence-electron chi connectivity index (χ0n) is 15.4. The Kier molecular flexibility index (Phi) is 5.48. The van der Waals surface area contributed by atoms with Crippen LogP contribution in [0.15, 0.2) is 36.5 Å². The van der Waals surface area contributed by atoms with E-state index < -0.39 is 0 Å². The highest BCUT2D eigenvalue weighted by molar-refractivity contribution is 5.92. The van der Waals surface area contributed by atoms with E-state index in [-0.39, 0.29) is 11.9 Å². The van der Waals surface area contributed by atoms with Crippen LogP contribution in [0, 0.1) is 0 Å². The number of para-hydroxylation sites is 2. The number of amides is 1.